The maximum atomic E-state index is 11.4. The largest absolute Gasteiger partial charge is 0.477 e. The normalized spacial score (nSPS) is 11.0. The van der Waals surface area contributed by atoms with E-state index in [1.807, 2.05) is 42.5 Å². The number of hydrogen-bond acceptors (Lipinski definition) is 4. The van der Waals surface area contributed by atoms with Crippen LogP contribution in [0.5, 0.6) is 0 Å². The summed E-state index contributed by atoms with van der Waals surface area (Å²) in [5, 5.41) is 18.0. The van der Waals surface area contributed by atoms with Gasteiger partial charge in [-0.05, 0) is 24.3 Å². The molecule has 4 aromatic rings. The fraction of sp³-hybridized carbons (Fsp3) is 0. The van der Waals surface area contributed by atoms with Gasteiger partial charge in [-0.15, -0.1) is 0 Å². The van der Waals surface area contributed by atoms with E-state index in [0.29, 0.717) is 16.5 Å². The van der Waals surface area contributed by atoms with Crippen molar-refractivity contribution >= 4 is 45.6 Å². The highest BCUT2D eigenvalue weighted by atomic mass is 35.5. The van der Waals surface area contributed by atoms with Crippen LogP contribution >= 0.6 is 11.6 Å². The summed E-state index contributed by atoms with van der Waals surface area (Å²) in [6.07, 6.45) is 1.30. The Morgan fingerprint density at radius 3 is 2.67 bits per heavy atom. The number of nitrogens with zero attached hydrogens (tertiary/aromatic N) is 3. The molecular formula is C17H11ClN4O2. The van der Waals surface area contributed by atoms with Crippen molar-refractivity contribution in [3.8, 4) is 0 Å². The summed E-state index contributed by atoms with van der Waals surface area (Å²) < 4.78 is 1.52. The number of aromatic nitrogens is 3. The molecule has 7 heteroatoms. The molecule has 0 bridgehead atoms. The van der Waals surface area contributed by atoms with Crippen LogP contribution in [0, 0.1) is 0 Å². The molecule has 0 fully saturated rings. The number of hydrogen-bond donors (Lipinski definition) is 2. The van der Waals surface area contributed by atoms with Crippen molar-refractivity contribution in [3.63, 3.8) is 0 Å². The highest BCUT2D eigenvalue weighted by molar-refractivity contribution is 6.33. The zero-order chi connectivity index (χ0) is 16.7. The highest BCUT2D eigenvalue weighted by Crippen LogP contribution is 2.29. The van der Waals surface area contributed by atoms with E-state index in [1.165, 1.54) is 10.7 Å². The number of anilines is 2. The molecule has 6 nitrogen and oxygen atoms in total. The van der Waals surface area contributed by atoms with Gasteiger partial charge >= 0.3 is 5.97 Å². The van der Waals surface area contributed by atoms with Gasteiger partial charge in [0.25, 0.3) is 0 Å². The predicted molar refractivity (Wildman–Crippen MR) is 92.2 cm³/mol. The van der Waals surface area contributed by atoms with Gasteiger partial charge in [-0.2, -0.15) is 5.10 Å². The van der Waals surface area contributed by atoms with Crippen molar-refractivity contribution in [3.05, 3.63) is 65.3 Å². The van der Waals surface area contributed by atoms with E-state index in [4.69, 9.17) is 11.6 Å². The summed E-state index contributed by atoms with van der Waals surface area (Å²) in [7, 11) is 0. The minimum absolute atomic E-state index is 0.0444. The van der Waals surface area contributed by atoms with E-state index >= 15 is 0 Å². The summed E-state index contributed by atoms with van der Waals surface area (Å²) >= 11 is 6.20. The second-order valence-corrected chi connectivity index (χ2v) is 5.59. The Bertz CT molecular complexity index is 1090. The van der Waals surface area contributed by atoms with Crippen molar-refractivity contribution in [2.75, 3.05) is 5.32 Å². The molecule has 0 radical (unpaired) electrons. The third-order valence-corrected chi connectivity index (χ3v) is 4.04. The van der Waals surface area contributed by atoms with Gasteiger partial charge < -0.3 is 10.4 Å². The number of benzene rings is 2. The minimum atomic E-state index is -1.07. The second-order valence-electron chi connectivity index (χ2n) is 5.18. The third-order valence-electron chi connectivity index (χ3n) is 3.71. The highest BCUT2D eigenvalue weighted by Gasteiger charge is 2.17. The Morgan fingerprint density at radius 1 is 1.12 bits per heavy atom. The number of carbonyl (C=O) groups is 1. The van der Waals surface area contributed by atoms with Crippen LogP contribution in [0.4, 0.5) is 11.5 Å². The van der Waals surface area contributed by atoms with Crippen LogP contribution in [-0.2, 0) is 0 Å². The SMILES string of the molecule is O=C(O)c1cnn2c1nc(Nc1ccccc1Cl)c1ccccc12. The lowest BCUT2D eigenvalue weighted by Crippen LogP contribution is -2.03. The van der Waals surface area contributed by atoms with Crippen molar-refractivity contribution in [2.45, 2.75) is 0 Å². The molecule has 2 N–H and O–H groups in total. The maximum absolute atomic E-state index is 11.4. The lowest BCUT2D eigenvalue weighted by Gasteiger charge is -2.11. The van der Waals surface area contributed by atoms with Crippen LogP contribution in [0.15, 0.2) is 54.7 Å². The molecule has 24 heavy (non-hydrogen) atoms. The Labute approximate surface area is 141 Å². The number of carboxylic acids is 1. The zero-order valence-electron chi connectivity index (χ0n) is 12.3. The molecule has 118 valence electrons. The molecule has 0 spiro atoms. The van der Waals surface area contributed by atoms with Crippen molar-refractivity contribution in [1.82, 2.24) is 14.6 Å². The molecule has 0 atom stereocenters. The van der Waals surface area contributed by atoms with Gasteiger partial charge in [0.2, 0.25) is 0 Å². The molecule has 0 amide bonds. The molecule has 0 aliphatic carbocycles. The minimum Gasteiger partial charge on any atom is -0.477 e. The number of aromatic carboxylic acids is 1. The Balaban J connectivity index is 2.00. The summed E-state index contributed by atoms with van der Waals surface area (Å²) in [6, 6.07) is 14.8. The van der Waals surface area contributed by atoms with E-state index in [9.17, 15) is 9.90 Å². The van der Waals surface area contributed by atoms with E-state index < -0.39 is 5.97 Å². The molecule has 0 unspecified atom stereocenters. The van der Waals surface area contributed by atoms with Crippen LogP contribution in [0.1, 0.15) is 10.4 Å². The van der Waals surface area contributed by atoms with Gasteiger partial charge in [0.1, 0.15) is 11.4 Å². The lowest BCUT2D eigenvalue weighted by molar-refractivity contribution is 0.0699. The molecule has 2 heterocycles. The Hall–Kier alpha value is -3.12. The van der Waals surface area contributed by atoms with Gasteiger partial charge in [-0.25, -0.2) is 14.3 Å². The molecule has 0 aliphatic heterocycles. The summed E-state index contributed by atoms with van der Waals surface area (Å²) in [5.41, 5.74) is 1.76. The van der Waals surface area contributed by atoms with Crippen molar-refractivity contribution < 1.29 is 9.90 Å². The number of rotatable bonds is 3. The standard InChI is InChI=1S/C17H11ClN4O2/c18-12-6-2-3-7-13(12)20-15-10-5-1-4-8-14(10)22-16(21-15)11(9-19-22)17(23)24/h1-9H,(H,20,21)(H,23,24). The predicted octanol–water partition coefficient (Wildman–Crippen LogP) is 3.98. The maximum Gasteiger partial charge on any atom is 0.341 e. The molecule has 2 aromatic carbocycles. The van der Waals surface area contributed by atoms with Crippen LogP contribution < -0.4 is 5.32 Å². The molecule has 4 rings (SSSR count). The van der Waals surface area contributed by atoms with Gasteiger partial charge in [-0.3, -0.25) is 0 Å². The fourth-order valence-electron chi connectivity index (χ4n) is 2.59. The lowest BCUT2D eigenvalue weighted by atomic mass is 10.2. The monoisotopic (exact) mass is 338 g/mol. The summed E-state index contributed by atoms with van der Waals surface area (Å²) in [5.74, 6) is -0.550. The first-order chi connectivity index (χ1) is 11.6. The number of halogens is 1. The number of nitrogens with one attached hydrogen (secondary N) is 1. The fourth-order valence-corrected chi connectivity index (χ4v) is 2.77. The number of carboxylic acid groups (broad SMARTS) is 1. The summed E-state index contributed by atoms with van der Waals surface area (Å²) in [4.78, 5) is 15.9. The average Bonchev–Trinajstić information content (AvgIpc) is 3.01. The first-order valence-electron chi connectivity index (χ1n) is 7.16. The van der Waals surface area contributed by atoms with Crippen LogP contribution in [-0.4, -0.2) is 25.7 Å². The van der Waals surface area contributed by atoms with Gasteiger partial charge in [-0.1, -0.05) is 35.9 Å². The van der Waals surface area contributed by atoms with E-state index in [1.54, 1.807) is 6.07 Å². The zero-order valence-corrected chi connectivity index (χ0v) is 13.0. The smallest absolute Gasteiger partial charge is 0.341 e. The Morgan fingerprint density at radius 2 is 1.88 bits per heavy atom. The summed E-state index contributed by atoms with van der Waals surface area (Å²) in [6.45, 7) is 0. The van der Waals surface area contributed by atoms with Gasteiger partial charge in [0, 0.05) is 5.39 Å². The van der Waals surface area contributed by atoms with E-state index in [2.05, 4.69) is 15.4 Å². The number of fused-ring (bicyclic) bond motifs is 3. The topological polar surface area (TPSA) is 79.5 Å². The van der Waals surface area contributed by atoms with Gasteiger partial charge in [0.15, 0.2) is 5.65 Å². The van der Waals surface area contributed by atoms with E-state index in [0.717, 1.165) is 10.9 Å². The first kappa shape index (κ1) is 14.5. The van der Waals surface area contributed by atoms with Crippen LogP contribution in [0.2, 0.25) is 5.02 Å². The molecule has 2 aromatic heterocycles. The Kier molecular flexibility index (Phi) is 3.32. The number of para-hydroxylation sites is 2. The molecule has 0 aliphatic rings. The second kappa shape index (κ2) is 5.50. The molecule has 0 saturated carbocycles. The van der Waals surface area contributed by atoms with Crippen LogP contribution in [0.25, 0.3) is 16.6 Å². The average molecular weight is 339 g/mol. The quantitative estimate of drug-likeness (QED) is 0.590. The van der Waals surface area contributed by atoms with Crippen LogP contribution in [0.3, 0.4) is 0 Å². The first-order valence-corrected chi connectivity index (χ1v) is 7.54. The van der Waals surface area contributed by atoms with Gasteiger partial charge in [0.05, 0.1) is 22.4 Å². The van der Waals surface area contributed by atoms with Crippen molar-refractivity contribution in [2.24, 2.45) is 0 Å². The molecule has 0 saturated heterocycles. The third kappa shape index (κ3) is 2.24. The molecular weight excluding hydrogens is 328 g/mol. The van der Waals surface area contributed by atoms with Crippen molar-refractivity contribution in [1.29, 1.82) is 0 Å². The van der Waals surface area contributed by atoms with E-state index in [-0.39, 0.29) is 11.2 Å².